The monoisotopic (exact) mass is 263 g/mol. The van der Waals surface area contributed by atoms with Crippen molar-refractivity contribution in [2.45, 2.75) is 45.7 Å². The summed E-state index contributed by atoms with van der Waals surface area (Å²) >= 11 is 0. The number of hydrogen-bond donors (Lipinski definition) is 1. The van der Waals surface area contributed by atoms with E-state index in [1.54, 1.807) is 14.2 Å². The summed E-state index contributed by atoms with van der Waals surface area (Å²) in [6.45, 7) is 6.76. The Morgan fingerprint density at radius 1 is 1.21 bits per heavy atom. The molecule has 1 aliphatic rings. The molecule has 3 heteroatoms. The molecule has 1 aromatic rings. The van der Waals surface area contributed by atoms with Crippen LogP contribution in [0.25, 0.3) is 0 Å². The first kappa shape index (κ1) is 14.2. The van der Waals surface area contributed by atoms with E-state index >= 15 is 0 Å². The van der Waals surface area contributed by atoms with Crippen LogP contribution in [-0.4, -0.2) is 20.3 Å². The zero-order chi connectivity index (χ0) is 14.0. The van der Waals surface area contributed by atoms with Crippen LogP contribution in [0, 0.1) is 5.92 Å². The molecule has 0 saturated carbocycles. The fourth-order valence-electron chi connectivity index (χ4n) is 2.88. The molecule has 2 atom stereocenters. The van der Waals surface area contributed by atoms with Crippen LogP contribution in [-0.2, 0) is 6.42 Å². The summed E-state index contributed by atoms with van der Waals surface area (Å²) in [5.74, 6) is 2.22. The zero-order valence-electron chi connectivity index (χ0n) is 12.6. The number of ether oxygens (including phenoxy) is 2. The lowest BCUT2D eigenvalue weighted by Gasteiger charge is -2.35. The van der Waals surface area contributed by atoms with E-state index in [-0.39, 0.29) is 0 Å². The fraction of sp³-hybridized carbons (Fsp3) is 0.625. The van der Waals surface area contributed by atoms with E-state index in [0.717, 1.165) is 24.3 Å². The van der Waals surface area contributed by atoms with Gasteiger partial charge in [0.2, 0.25) is 0 Å². The summed E-state index contributed by atoms with van der Waals surface area (Å²) < 4.78 is 10.9. The van der Waals surface area contributed by atoms with Crippen LogP contribution < -0.4 is 14.8 Å². The van der Waals surface area contributed by atoms with Crippen molar-refractivity contribution in [1.82, 2.24) is 5.32 Å². The van der Waals surface area contributed by atoms with E-state index in [1.807, 2.05) is 0 Å². The van der Waals surface area contributed by atoms with E-state index < -0.39 is 0 Å². The van der Waals surface area contributed by atoms with Crippen molar-refractivity contribution in [3.63, 3.8) is 0 Å². The molecule has 0 amide bonds. The van der Waals surface area contributed by atoms with Gasteiger partial charge >= 0.3 is 0 Å². The van der Waals surface area contributed by atoms with Gasteiger partial charge in [-0.25, -0.2) is 0 Å². The Morgan fingerprint density at radius 3 is 2.37 bits per heavy atom. The van der Waals surface area contributed by atoms with Gasteiger partial charge in [-0.1, -0.05) is 20.8 Å². The van der Waals surface area contributed by atoms with Crippen LogP contribution in [0.15, 0.2) is 12.1 Å². The molecule has 1 heterocycles. The maximum absolute atomic E-state index is 5.43. The fourth-order valence-corrected chi connectivity index (χ4v) is 2.88. The molecule has 1 aliphatic heterocycles. The van der Waals surface area contributed by atoms with E-state index in [2.05, 4.69) is 38.2 Å². The number of benzene rings is 1. The second-order valence-electron chi connectivity index (χ2n) is 5.60. The molecule has 0 aliphatic carbocycles. The summed E-state index contributed by atoms with van der Waals surface area (Å²) in [5.41, 5.74) is 2.75. The Hall–Kier alpha value is -1.22. The van der Waals surface area contributed by atoms with Gasteiger partial charge in [0.15, 0.2) is 11.5 Å². The van der Waals surface area contributed by atoms with Gasteiger partial charge in [0.05, 0.1) is 14.2 Å². The molecule has 0 spiro atoms. The quantitative estimate of drug-likeness (QED) is 0.904. The Bertz CT molecular complexity index is 443. The summed E-state index contributed by atoms with van der Waals surface area (Å²) in [7, 11) is 3.39. The number of rotatable bonds is 4. The minimum atomic E-state index is 0.397. The van der Waals surface area contributed by atoms with Crippen LogP contribution in [0.1, 0.15) is 44.4 Å². The van der Waals surface area contributed by atoms with E-state index in [4.69, 9.17) is 9.47 Å². The van der Waals surface area contributed by atoms with Crippen LogP contribution in [0.5, 0.6) is 11.5 Å². The highest BCUT2D eigenvalue weighted by Gasteiger charge is 2.28. The predicted molar refractivity (Wildman–Crippen MR) is 78.0 cm³/mol. The molecule has 2 unspecified atom stereocenters. The Balaban J connectivity index is 2.47. The molecule has 1 N–H and O–H groups in total. The smallest absolute Gasteiger partial charge is 0.161 e. The van der Waals surface area contributed by atoms with E-state index in [9.17, 15) is 0 Å². The maximum Gasteiger partial charge on any atom is 0.161 e. The van der Waals surface area contributed by atoms with Gasteiger partial charge < -0.3 is 14.8 Å². The third kappa shape index (κ3) is 2.71. The van der Waals surface area contributed by atoms with Gasteiger partial charge in [-0.15, -0.1) is 0 Å². The second kappa shape index (κ2) is 5.83. The van der Waals surface area contributed by atoms with Crippen molar-refractivity contribution in [2.24, 2.45) is 5.92 Å². The van der Waals surface area contributed by atoms with Gasteiger partial charge in [-0.05, 0) is 42.0 Å². The van der Waals surface area contributed by atoms with Crippen LogP contribution in [0.3, 0.4) is 0 Å². The molecule has 0 fully saturated rings. The van der Waals surface area contributed by atoms with Crippen LogP contribution >= 0.6 is 0 Å². The standard InChI is InChI=1S/C16H25NO2/c1-6-12-7-11-8-14(18-4)15(19-5)9-13(11)16(17-12)10(2)3/h8-10,12,16-17H,6-7H2,1-5H3. The van der Waals surface area contributed by atoms with Gasteiger partial charge in [-0.3, -0.25) is 0 Å². The minimum absolute atomic E-state index is 0.397. The number of fused-ring (bicyclic) bond motifs is 1. The summed E-state index contributed by atoms with van der Waals surface area (Å²) in [6, 6.07) is 5.23. The highest BCUT2D eigenvalue weighted by molar-refractivity contribution is 5.49. The van der Waals surface area contributed by atoms with Crippen molar-refractivity contribution >= 4 is 0 Å². The predicted octanol–water partition coefficient (Wildman–Crippen LogP) is 3.33. The molecule has 2 rings (SSSR count). The van der Waals surface area contributed by atoms with Crippen molar-refractivity contribution in [3.05, 3.63) is 23.3 Å². The first-order chi connectivity index (χ1) is 9.10. The normalized spacial score (nSPS) is 22.2. The van der Waals surface area contributed by atoms with E-state index in [0.29, 0.717) is 18.0 Å². The lowest BCUT2D eigenvalue weighted by Crippen LogP contribution is -2.41. The Kier molecular flexibility index (Phi) is 4.35. The number of hydrogen-bond acceptors (Lipinski definition) is 3. The summed E-state index contributed by atoms with van der Waals surface area (Å²) in [5, 5.41) is 3.75. The van der Waals surface area contributed by atoms with Gasteiger partial charge in [0, 0.05) is 12.1 Å². The molecule has 0 bridgehead atoms. The molecule has 1 aromatic carbocycles. The molecule has 3 nitrogen and oxygen atoms in total. The SMILES string of the molecule is CCC1Cc2cc(OC)c(OC)cc2C(C(C)C)N1. The first-order valence-electron chi connectivity index (χ1n) is 7.11. The second-order valence-corrected chi connectivity index (χ2v) is 5.60. The largest absolute Gasteiger partial charge is 0.493 e. The van der Waals surface area contributed by atoms with Gasteiger partial charge in [0.25, 0.3) is 0 Å². The lowest BCUT2D eigenvalue weighted by atomic mass is 9.84. The van der Waals surface area contributed by atoms with Crippen molar-refractivity contribution in [1.29, 1.82) is 0 Å². The number of methoxy groups -OCH3 is 2. The molecule has 19 heavy (non-hydrogen) atoms. The maximum atomic E-state index is 5.43. The Morgan fingerprint density at radius 2 is 1.84 bits per heavy atom. The third-order valence-electron chi connectivity index (χ3n) is 4.02. The van der Waals surface area contributed by atoms with Gasteiger partial charge in [-0.2, -0.15) is 0 Å². The molecule has 0 aromatic heterocycles. The Labute approximate surface area is 116 Å². The highest BCUT2D eigenvalue weighted by Crippen LogP contribution is 2.38. The summed E-state index contributed by atoms with van der Waals surface area (Å²) in [4.78, 5) is 0. The highest BCUT2D eigenvalue weighted by atomic mass is 16.5. The average molecular weight is 263 g/mol. The van der Waals surface area contributed by atoms with Crippen LogP contribution in [0.2, 0.25) is 0 Å². The minimum Gasteiger partial charge on any atom is -0.493 e. The molecule has 0 radical (unpaired) electrons. The lowest BCUT2D eigenvalue weighted by molar-refractivity contribution is 0.319. The van der Waals surface area contributed by atoms with Crippen molar-refractivity contribution in [2.75, 3.05) is 14.2 Å². The van der Waals surface area contributed by atoms with Crippen molar-refractivity contribution in [3.8, 4) is 11.5 Å². The molecule has 0 saturated heterocycles. The molecular weight excluding hydrogens is 238 g/mol. The molecular formula is C16H25NO2. The summed E-state index contributed by atoms with van der Waals surface area (Å²) in [6.07, 6.45) is 2.21. The van der Waals surface area contributed by atoms with Crippen molar-refractivity contribution < 1.29 is 9.47 Å². The molecule has 106 valence electrons. The topological polar surface area (TPSA) is 30.5 Å². The van der Waals surface area contributed by atoms with Gasteiger partial charge in [0.1, 0.15) is 0 Å². The first-order valence-corrected chi connectivity index (χ1v) is 7.11. The average Bonchev–Trinajstić information content (AvgIpc) is 2.44. The van der Waals surface area contributed by atoms with E-state index in [1.165, 1.54) is 11.1 Å². The zero-order valence-corrected chi connectivity index (χ0v) is 12.6. The third-order valence-corrected chi connectivity index (χ3v) is 4.02. The number of nitrogens with one attached hydrogen (secondary N) is 1. The van der Waals surface area contributed by atoms with Crippen LogP contribution in [0.4, 0.5) is 0 Å².